The fourth-order valence-electron chi connectivity index (χ4n) is 14.5. The van der Waals surface area contributed by atoms with Gasteiger partial charge in [0, 0.05) is 73.9 Å². The number of nitrogens with zero attached hydrogens (tertiary/aromatic N) is 7. The highest BCUT2D eigenvalue weighted by Crippen LogP contribution is 2.50. The van der Waals surface area contributed by atoms with E-state index in [1.165, 1.54) is 55.5 Å². The predicted octanol–water partition coefficient (Wildman–Crippen LogP) is 11.6. The van der Waals surface area contributed by atoms with Crippen LogP contribution in [0, 0.1) is 35.1 Å². The van der Waals surface area contributed by atoms with Crippen LogP contribution in [0.15, 0.2) is 60.7 Å². The fraction of sp³-hybridized carbons (Fsp3) is 0.508. The summed E-state index contributed by atoms with van der Waals surface area (Å²) in [5.74, 6) is -2.99. The number of H-pyrrole nitrogens is 2. The highest BCUT2D eigenvalue weighted by Gasteiger charge is 2.44. The number of rotatable bonds is 13. The van der Waals surface area contributed by atoms with Gasteiger partial charge in [0.2, 0.25) is 11.8 Å². The van der Waals surface area contributed by atoms with Gasteiger partial charge < -0.3 is 54.6 Å². The monoisotopic (exact) mass is 1180 g/mol. The third-order valence-corrected chi connectivity index (χ3v) is 18.7. The van der Waals surface area contributed by atoms with Crippen molar-refractivity contribution in [2.24, 2.45) is 11.8 Å². The molecule has 17 nitrogen and oxygen atoms in total. The van der Waals surface area contributed by atoms with Gasteiger partial charge in [-0.2, -0.15) is 13.2 Å². The third kappa shape index (κ3) is 11.2. The molecule has 0 spiro atoms. The summed E-state index contributed by atoms with van der Waals surface area (Å²) in [6.45, 7) is 1.59. The van der Waals surface area contributed by atoms with Gasteiger partial charge in [-0.05, 0) is 125 Å². The third-order valence-electron chi connectivity index (χ3n) is 18.7. The van der Waals surface area contributed by atoms with E-state index in [9.17, 15) is 32.3 Å². The van der Waals surface area contributed by atoms with Gasteiger partial charge in [-0.1, -0.05) is 25.7 Å². The highest BCUT2D eigenvalue weighted by atomic mass is 19.4. The molecule has 452 valence electrons. The van der Waals surface area contributed by atoms with Gasteiger partial charge in [0.25, 0.3) is 0 Å². The smallest absolute Gasteiger partial charge is 0.416 e. The topological polar surface area (TPSA) is 184 Å². The molecule has 2 saturated carbocycles. The van der Waals surface area contributed by atoms with E-state index < -0.39 is 83.4 Å². The fourth-order valence-corrected chi connectivity index (χ4v) is 14.5. The molecule has 1 unspecified atom stereocenters. The molecule has 0 radical (unpaired) electrons. The van der Waals surface area contributed by atoms with Crippen molar-refractivity contribution in [1.29, 1.82) is 0 Å². The number of fused-ring (bicyclic) bond motifs is 2. The number of methoxy groups -OCH3 is 2. The van der Waals surface area contributed by atoms with Gasteiger partial charge in [-0.15, -0.1) is 0 Å². The predicted molar refractivity (Wildman–Crippen MR) is 301 cm³/mol. The number of nitrogens with one attached hydrogen (secondary N) is 4. The number of hydrogen-bond acceptors (Lipinski definition) is 11. The van der Waals surface area contributed by atoms with E-state index in [1.54, 1.807) is 26.8 Å². The maximum absolute atomic E-state index is 17.1. The maximum Gasteiger partial charge on any atom is 0.416 e. The van der Waals surface area contributed by atoms with Crippen molar-refractivity contribution in [3.05, 3.63) is 112 Å². The van der Waals surface area contributed by atoms with Crippen LogP contribution in [-0.4, -0.2) is 119 Å². The summed E-state index contributed by atoms with van der Waals surface area (Å²) < 4.78 is 118. The molecule has 0 bridgehead atoms. The Morgan fingerprint density at radius 1 is 0.529 bits per heavy atom. The van der Waals surface area contributed by atoms with E-state index in [2.05, 4.69) is 20.6 Å². The maximum atomic E-state index is 17.1. The zero-order valence-corrected chi connectivity index (χ0v) is 47.3. The highest BCUT2D eigenvalue weighted by molar-refractivity contribution is 5.88. The molecule has 4 aliphatic heterocycles. The van der Waals surface area contributed by atoms with Gasteiger partial charge in [-0.25, -0.2) is 37.1 Å². The number of ether oxygens (including phenoxy) is 2. The number of aromatic nitrogens is 4. The molecule has 24 heteroatoms. The Kier molecular flexibility index (Phi) is 16.0. The normalized spacial score (nSPS) is 22.3. The van der Waals surface area contributed by atoms with E-state index in [1.807, 2.05) is 4.90 Å². The Hall–Kier alpha value is -7.79. The minimum atomic E-state index is -4.51. The lowest BCUT2D eigenvalue weighted by Crippen LogP contribution is -2.51. The summed E-state index contributed by atoms with van der Waals surface area (Å²) in [4.78, 5) is 78.4. The second-order valence-electron chi connectivity index (χ2n) is 23.5. The minimum absolute atomic E-state index is 0.0132. The molecule has 4 aromatic carbocycles. The molecule has 4 amide bonds. The van der Waals surface area contributed by atoms with Crippen molar-refractivity contribution in [2.75, 3.05) is 68.2 Å². The molecule has 4 saturated heterocycles. The molecule has 6 aromatic rings. The quantitative estimate of drug-likeness (QED) is 0.0807. The van der Waals surface area contributed by atoms with Crippen molar-refractivity contribution in [2.45, 2.75) is 132 Å². The number of carbonyl (C=O) groups excluding carboxylic acids is 4. The van der Waals surface area contributed by atoms with Crippen LogP contribution in [0.5, 0.6) is 0 Å². The molecule has 6 fully saturated rings. The molecule has 6 aliphatic rings. The number of benzene rings is 4. The van der Waals surface area contributed by atoms with Crippen molar-refractivity contribution in [1.82, 2.24) is 40.4 Å². The van der Waals surface area contributed by atoms with Crippen LogP contribution in [0.4, 0.5) is 57.4 Å². The molecule has 12 rings (SSSR count). The van der Waals surface area contributed by atoms with E-state index in [4.69, 9.17) is 19.4 Å². The van der Waals surface area contributed by atoms with Gasteiger partial charge in [0.1, 0.15) is 41.1 Å². The second-order valence-corrected chi connectivity index (χ2v) is 23.5. The first-order valence-electron chi connectivity index (χ1n) is 29.6. The van der Waals surface area contributed by atoms with Crippen LogP contribution in [0.3, 0.4) is 0 Å². The van der Waals surface area contributed by atoms with Crippen molar-refractivity contribution in [3.8, 4) is 0 Å². The zero-order valence-electron chi connectivity index (χ0n) is 47.3. The Morgan fingerprint density at radius 2 is 0.965 bits per heavy atom. The minimum Gasteiger partial charge on any atom is -0.453 e. The molecule has 2 aromatic heterocycles. The average Bonchev–Trinajstić information content (AvgIpc) is 1.99. The largest absolute Gasteiger partial charge is 0.453 e. The van der Waals surface area contributed by atoms with Crippen molar-refractivity contribution in [3.63, 3.8) is 0 Å². The lowest BCUT2D eigenvalue weighted by Gasteiger charge is -2.38. The first-order chi connectivity index (χ1) is 41.0. The van der Waals surface area contributed by atoms with Crippen LogP contribution in [0.1, 0.15) is 142 Å². The Bertz CT molecular complexity index is 3300. The summed E-state index contributed by atoms with van der Waals surface area (Å²) >= 11 is 0. The SMILES string of the molecule is COC(=O)N[C@H](C(=O)N1CCCC1c1nc2cc(F)c([C@H]3CC[C@H](c4cc5[nH]c([C@@H]6CCCN6C(=O)[C@@H](NC(=O)OC)C6CCCC6)nc5cc4F)N3c3cc(F)c(N4CCN(c5ccc(C(F)(F)F)cc5)CC4)c(F)c3)cc2[nH]1)C1CCCC1. The molecule has 6 atom stereocenters. The van der Waals surface area contributed by atoms with Gasteiger partial charge in [0.05, 0.1) is 66.0 Å². The van der Waals surface area contributed by atoms with Crippen LogP contribution in [0.2, 0.25) is 0 Å². The zero-order chi connectivity index (χ0) is 59.4. The number of anilines is 3. The summed E-state index contributed by atoms with van der Waals surface area (Å²) in [7, 11) is 2.50. The number of aromatic amines is 2. The summed E-state index contributed by atoms with van der Waals surface area (Å²) in [6, 6.07) is 8.36. The molecule has 4 N–H and O–H groups in total. The number of piperazine rings is 1. The Labute approximate surface area is 485 Å². The van der Waals surface area contributed by atoms with E-state index in [0.29, 0.717) is 67.1 Å². The number of amides is 4. The summed E-state index contributed by atoms with van der Waals surface area (Å²) in [5, 5.41) is 5.56. The van der Waals surface area contributed by atoms with Gasteiger partial charge in [-0.3, -0.25) is 9.59 Å². The van der Waals surface area contributed by atoms with E-state index >= 15 is 17.6 Å². The van der Waals surface area contributed by atoms with Crippen LogP contribution < -0.4 is 25.3 Å². The second kappa shape index (κ2) is 23.6. The number of likely N-dealkylation sites (tertiary alicyclic amines) is 2. The molecular formula is C61H68F7N11O6. The number of carbonyl (C=O) groups is 4. The molecule has 6 heterocycles. The van der Waals surface area contributed by atoms with E-state index in [0.717, 1.165) is 63.5 Å². The molecule has 85 heavy (non-hydrogen) atoms. The average molecular weight is 1180 g/mol. The van der Waals surface area contributed by atoms with Crippen LogP contribution >= 0.6 is 0 Å². The lowest BCUT2D eigenvalue weighted by molar-refractivity contribution is -0.138. The van der Waals surface area contributed by atoms with Crippen molar-refractivity contribution >= 4 is 63.1 Å². The van der Waals surface area contributed by atoms with Crippen LogP contribution in [-0.2, 0) is 25.2 Å². The number of alkyl halides is 3. The standard InChI is InChI=1S/C61H68F7N11O6/c1-84-59(82)73-52(33-9-3-4-10-33)57(80)77-21-7-13-50(77)55-69-44-29-38(40(62)31-46(44)71-55)48-19-20-49(79(48)37-27-42(64)54(43(65)28-37)76-25-23-75(24-26-76)36-17-15-35(16-18-36)61(66,67)68)39-30-45-47(32-41(39)63)72-56(70-45)51-14-8-22-78(51)58(81)53(74-60(83)85-2)34-11-5-6-12-34/h15-18,27-34,48-53H,3-14,19-26H2,1-2H3,(H,69,71)(H,70,72)(H,73,82)(H,74,83)/t48-,49-,50+,51?,52+,53+/m1/s1. The summed E-state index contributed by atoms with van der Waals surface area (Å²) in [5.41, 5.74) is 1.15. The van der Waals surface area contributed by atoms with Gasteiger partial charge >= 0.3 is 18.4 Å². The Balaban J connectivity index is 0.867. The van der Waals surface area contributed by atoms with Crippen LogP contribution in [0.25, 0.3) is 22.1 Å². The van der Waals surface area contributed by atoms with Gasteiger partial charge in [0.15, 0.2) is 11.6 Å². The first-order valence-corrected chi connectivity index (χ1v) is 29.6. The van der Waals surface area contributed by atoms with Crippen molar-refractivity contribution < 1.29 is 59.4 Å². The number of imidazole rings is 2. The number of alkyl carbamates (subject to hydrolysis) is 2. The van der Waals surface area contributed by atoms with E-state index in [-0.39, 0.29) is 96.2 Å². The lowest BCUT2D eigenvalue weighted by atomic mass is 9.96. The number of hydrogen-bond donors (Lipinski definition) is 4. The summed E-state index contributed by atoms with van der Waals surface area (Å²) in [6.07, 6.45) is 3.76. The molecule has 2 aliphatic carbocycles. The molecular weight excluding hydrogens is 1120 g/mol. The first kappa shape index (κ1) is 57.6. The Morgan fingerprint density at radius 3 is 1.39 bits per heavy atom. The number of halogens is 7.